The fraction of sp³-hybridized carbons (Fsp3) is 0.273. The summed E-state index contributed by atoms with van der Waals surface area (Å²) in [5.41, 5.74) is -0.378. The molecule has 0 spiro atoms. The van der Waals surface area contributed by atoms with E-state index in [4.69, 9.17) is 17.0 Å². The first-order valence-corrected chi connectivity index (χ1v) is 12.0. The monoisotopic (exact) mass is 517 g/mol. The maximum absolute atomic E-state index is 13.1. The molecule has 1 aliphatic carbocycles. The number of carbonyl (C=O) groups excluding carboxylic acids is 1. The van der Waals surface area contributed by atoms with Gasteiger partial charge in [-0.05, 0) is 61.4 Å². The minimum atomic E-state index is -4.47. The van der Waals surface area contributed by atoms with Gasteiger partial charge in [-0.1, -0.05) is 11.6 Å². The highest BCUT2D eigenvalue weighted by molar-refractivity contribution is 7.92. The molecule has 1 saturated carbocycles. The summed E-state index contributed by atoms with van der Waals surface area (Å²) < 4.78 is 76.6. The maximum atomic E-state index is 13.1. The Labute approximate surface area is 198 Å². The number of halogens is 5. The van der Waals surface area contributed by atoms with E-state index in [0.29, 0.717) is 12.1 Å². The number of carbonyl (C=O) groups is 1. The molecule has 2 aromatic rings. The number of anilines is 1. The van der Waals surface area contributed by atoms with Crippen molar-refractivity contribution in [2.75, 3.05) is 11.9 Å². The van der Waals surface area contributed by atoms with E-state index < -0.39 is 49.6 Å². The first-order valence-electron chi connectivity index (χ1n) is 10.0. The molecule has 1 amide bonds. The van der Waals surface area contributed by atoms with Crippen molar-refractivity contribution >= 4 is 38.2 Å². The molecule has 6 nitrogen and oxygen atoms in total. The highest BCUT2D eigenvalue weighted by atomic mass is 35.5. The van der Waals surface area contributed by atoms with Gasteiger partial charge in [0, 0.05) is 24.0 Å². The lowest BCUT2D eigenvalue weighted by molar-refractivity contribution is -0.137. The second-order valence-corrected chi connectivity index (χ2v) is 10.2. The van der Waals surface area contributed by atoms with Crippen molar-refractivity contribution in [2.24, 2.45) is 5.92 Å². The number of nitrogens with one attached hydrogen (secondary N) is 3. The summed E-state index contributed by atoms with van der Waals surface area (Å²) >= 11 is 5.75. The van der Waals surface area contributed by atoms with E-state index in [9.17, 15) is 30.8 Å². The molecule has 1 fully saturated rings. The molecule has 3 rings (SSSR count). The Balaban J connectivity index is 1.62. The minimum absolute atomic E-state index is 0.0692. The molecule has 0 aliphatic heterocycles. The first kappa shape index (κ1) is 25.7. The molecule has 12 heteroatoms. The van der Waals surface area contributed by atoms with Crippen LogP contribution in [0.25, 0.3) is 0 Å². The molecule has 2 atom stereocenters. The standard InChI is InChI=1S/C22H20ClF4N3O3S/c23-20(28)13(11-29-16-5-1-14(2-6-16)22(25,26)27)12-30-21(31)18-9-10-19(18)34(32,33)17-7-3-15(24)4-8-17/h1-8,11,18-19,28-29H,9-10,12H2,(H,30,31)/b13-11-,28-20?/t18-,19+/m1/s1. The Morgan fingerprint density at radius 3 is 2.21 bits per heavy atom. The van der Waals surface area contributed by atoms with Crippen LogP contribution in [0.5, 0.6) is 0 Å². The summed E-state index contributed by atoms with van der Waals surface area (Å²) in [4.78, 5) is 12.5. The van der Waals surface area contributed by atoms with E-state index in [1.165, 1.54) is 18.3 Å². The topological polar surface area (TPSA) is 99.1 Å². The van der Waals surface area contributed by atoms with Gasteiger partial charge in [-0.15, -0.1) is 0 Å². The summed E-state index contributed by atoms with van der Waals surface area (Å²) in [6.45, 7) is -0.200. The lowest BCUT2D eigenvalue weighted by Crippen LogP contribution is -2.48. The Kier molecular flexibility index (Phi) is 7.67. The highest BCUT2D eigenvalue weighted by Gasteiger charge is 2.45. The molecular formula is C22H20ClF4N3O3S. The number of rotatable bonds is 8. The predicted octanol–water partition coefficient (Wildman–Crippen LogP) is 4.73. The van der Waals surface area contributed by atoms with Crippen LogP contribution in [0.3, 0.4) is 0 Å². The molecule has 0 heterocycles. The van der Waals surface area contributed by atoms with E-state index in [1.54, 1.807) is 0 Å². The molecule has 0 unspecified atom stereocenters. The average Bonchev–Trinajstić information content (AvgIpc) is 2.72. The molecule has 0 aromatic heterocycles. The van der Waals surface area contributed by atoms with Crippen molar-refractivity contribution in [3.8, 4) is 0 Å². The van der Waals surface area contributed by atoms with E-state index >= 15 is 0 Å². The van der Waals surface area contributed by atoms with Crippen LogP contribution in [0.4, 0.5) is 23.2 Å². The van der Waals surface area contributed by atoms with Gasteiger partial charge in [0.05, 0.1) is 21.6 Å². The van der Waals surface area contributed by atoms with Gasteiger partial charge < -0.3 is 10.6 Å². The van der Waals surface area contributed by atoms with Gasteiger partial charge in [0.15, 0.2) is 9.84 Å². The molecular weight excluding hydrogens is 498 g/mol. The van der Waals surface area contributed by atoms with Gasteiger partial charge in [0.1, 0.15) is 11.0 Å². The van der Waals surface area contributed by atoms with Gasteiger partial charge in [0.25, 0.3) is 0 Å². The van der Waals surface area contributed by atoms with Gasteiger partial charge >= 0.3 is 6.18 Å². The SMILES string of the molecule is N=C(Cl)/C(=C\Nc1ccc(C(F)(F)F)cc1)CNC(=O)[C@@H]1CC[C@@H]1S(=O)(=O)c1ccc(F)cc1. The Morgan fingerprint density at radius 2 is 1.71 bits per heavy atom. The maximum Gasteiger partial charge on any atom is 0.416 e. The van der Waals surface area contributed by atoms with Crippen molar-refractivity contribution in [1.29, 1.82) is 5.41 Å². The zero-order valence-electron chi connectivity index (χ0n) is 17.5. The number of sulfone groups is 1. The van der Waals surface area contributed by atoms with E-state index in [1.807, 2.05) is 0 Å². The number of benzene rings is 2. The molecule has 182 valence electrons. The lowest BCUT2D eigenvalue weighted by Gasteiger charge is -2.34. The van der Waals surface area contributed by atoms with Crippen molar-refractivity contribution in [3.05, 3.63) is 71.7 Å². The highest BCUT2D eigenvalue weighted by Crippen LogP contribution is 2.37. The molecule has 0 saturated heterocycles. The van der Waals surface area contributed by atoms with Crippen LogP contribution in [-0.4, -0.2) is 31.3 Å². The van der Waals surface area contributed by atoms with Crippen molar-refractivity contribution in [3.63, 3.8) is 0 Å². The van der Waals surface area contributed by atoms with Gasteiger partial charge in [-0.2, -0.15) is 13.2 Å². The van der Waals surface area contributed by atoms with E-state index in [0.717, 1.165) is 36.4 Å². The van der Waals surface area contributed by atoms with Crippen LogP contribution in [-0.2, 0) is 20.8 Å². The summed E-state index contributed by atoms with van der Waals surface area (Å²) in [6, 6.07) is 8.56. The zero-order valence-corrected chi connectivity index (χ0v) is 19.1. The summed E-state index contributed by atoms with van der Waals surface area (Å²) in [5.74, 6) is -1.93. The summed E-state index contributed by atoms with van der Waals surface area (Å²) in [5, 5.41) is 11.5. The van der Waals surface area contributed by atoms with Crippen LogP contribution in [0.2, 0.25) is 0 Å². The molecule has 34 heavy (non-hydrogen) atoms. The van der Waals surface area contributed by atoms with Crippen LogP contribution in [0.15, 0.2) is 65.2 Å². The van der Waals surface area contributed by atoms with Gasteiger partial charge in [-0.25, -0.2) is 12.8 Å². The zero-order chi connectivity index (χ0) is 25.1. The minimum Gasteiger partial charge on any atom is -0.361 e. The van der Waals surface area contributed by atoms with Gasteiger partial charge in [0.2, 0.25) is 5.91 Å². The van der Waals surface area contributed by atoms with Crippen LogP contribution >= 0.6 is 11.6 Å². The molecule has 3 N–H and O–H groups in total. The normalized spacial score (nSPS) is 18.7. The van der Waals surface area contributed by atoms with E-state index in [2.05, 4.69) is 10.6 Å². The van der Waals surface area contributed by atoms with Crippen LogP contribution in [0, 0.1) is 17.1 Å². The number of amides is 1. The number of hydrogen-bond acceptors (Lipinski definition) is 5. The van der Waals surface area contributed by atoms with Gasteiger partial charge in [-0.3, -0.25) is 10.2 Å². The van der Waals surface area contributed by atoms with Crippen LogP contribution < -0.4 is 10.6 Å². The fourth-order valence-corrected chi connectivity index (χ4v) is 5.50. The Bertz CT molecular complexity index is 1200. The summed E-state index contributed by atoms with van der Waals surface area (Å²) in [7, 11) is -3.83. The first-order chi connectivity index (χ1) is 15.9. The molecule has 1 aliphatic rings. The molecule has 2 aromatic carbocycles. The quantitative estimate of drug-likeness (QED) is 0.268. The van der Waals surface area contributed by atoms with Crippen molar-refractivity contribution in [2.45, 2.75) is 29.2 Å². The Hall–Kier alpha value is -2.92. The second kappa shape index (κ2) is 10.1. The predicted molar refractivity (Wildman–Crippen MR) is 120 cm³/mol. The largest absolute Gasteiger partial charge is 0.416 e. The number of alkyl halides is 3. The third-order valence-corrected chi connectivity index (χ3v) is 7.98. The average molecular weight is 518 g/mol. The third-order valence-electron chi connectivity index (χ3n) is 5.45. The fourth-order valence-electron chi connectivity index (χ4n) is 3.37. The smallest absolute Gasteiger partial charge is 0.361 e. The van der Waals surface area contributed by atoms with Crippen molar-refractivity contribution in [1.82, 2.24) is 5.32 Å². The summed E-state index contributed by atoms with van der Waals surface area (Å²) in [6.07, 6.45) is -2.57. The van der Waals surface area contributed by atoms with Crippen molar-refractivity contribution < 1.29 is 30.8 Å². The molecule has 0 radical (unpaired) electrons. The lowest BCUT2D eigenvalue weighted by atomic mass is 9.84. The Morgan fingerprint density at radius 1 is 1.09 bits per heavy atom. The molecule has 0 bridgehead atoms. The van der Waals surface area contributed by atoms with Crippen LogP contribution in [0.1, 0.15) is 18.4 Å². The second-order valence-electron chi connectivity index (χ2n) is 7.64. The van der Waals surface area contributed by atoms with E-state index in [-0.39, 0.29) is 23.4 Å². The number of hydrogen-bond donors (Lipinski definition) is 3. The third kappa shape index (κ3) is 5.95.